The van der Waals surface area contributed by atoms with E-state index in [-0.39, 0.29) is 0 Å². The SMILES string of the molecule is O=C(C1CCC2CCCCC2C1)N1CCC(CBr)C1. The summed E-state index contributed by atoms with van der Waals surface area (Å²) in [7, 11) is 0. The number of nitrogens with zero attached hydrogens (tertiary/aromatic N) is 1. The standard InChI is InChI=1S/C16H26BrNO/c17-10-12-7-8-18(11-12)16(19)15-6-5-13-3-1-2-4-14(13)9-15/h12-15H,1-11H2. The molecular weight excluding hydrogens is 302 g/mol. The maximum absolute atomic E-state index is 12.6. The van der Waals surface area contributed by atoms with E-state index in [1.54, 1.807) is 0 Å². The van der Waals surface area contributed by atoms with Gasteiger partial charge in [0, 0.05) is 24.3 Å². The Morgan fingerprint density at radius 3 is 2.58 bits per heavy atom. The molecule has 4 unspecified atom stereocenters. The van der Waals surface area contributed by atoms with Crippen molar-refractivity contribution in [3.05, 3.63) is 0 Å². The largest absolute Gasteiger partial charge is 0.342 e. The van der Waals surface area contributed by atoms with Crippen molar-refractivity contribution in [3.63, 3.8) is 0 Å². The zero-order valence-electron chi connectivity index (χ0n) is 11.8. The minimum atomic E-state index is 0.355. The third kappa shape index (κ3) is 3.01. The van der Waals surface area contributed by atoms with Crippen molar-refractivity contribution in [1.29, 1.82) is 0 Å². The Kier molecular flexibility index (Phi) is 4.51. The molecule has 3 fully saturated rings. The Hall–Kier alpha value is -0.0500. The van der Waals surface area contributed by atoms with Crippen LogP contribution in [0.25, 0.3) is 0 Å². The van der Waals surface area contributed by atoms with Crippen molar-refractivity contribution in [3.8, 4) is 0 Å². The van der Waals surface area contributed by atoms with Crippen LogP contribution in [-0.4, -0.2) is 29.2 Å². The van der Waals surface area contributed by atoms with Gasteiger partial charge in [-0.05, 0) is 43.4 Å². The molecule has 1 saturated heterocycles. The van der Waals surface area contributed by atoms with E-state index in [1.807, 2.05) is 0 Å². The second-order valence-electron chi connectivity index (χ2n) is 6.91. The molecule has 2 nitrogen and oxygen atoms in total. The van der Waals surface area contributed by atoms with Gasteiger partial charge in [0.15, 0.2) is 0 Å². The van der Waals surface area contributed by atoms with E-state index in [0.29, 0.717) is 17.7 Å². The van der Waals surface area contributed by atoms with Gasteiger partial charge >= 0.3 is 0 Å². The van der Waals surface area contributed by atoms with Gasteiger partial charge in [-0.15, -0.1) is 0 Å². The Morgan fingerprint density at radius 1 is 1.05 bits per heavy atom. The maximum Gasteiger partial charge on any atom is 0.225 e. The molecule has 4 atom stereocenters. The first-order chi connectivity index (χ1) is 9.28. The molecule has 0 radical (unpaired) electrons. The average Bonchev–Trinajstić information content (AvgIpc) is 2.95. The minimum Gasteiger partial charge on any atom is -0.342 e. The van der Waals surface area contributed by atoms with E-state index < -0.39 is 0 Å². The molecule has 0 bridgehead atoms. The van der Waals surface area contributed by atoms with Crippen molar-refractivity contribution >= 4 is 21.8 Å². The van der Waals surface area contributed by atoms with Crippen LogP contribution >= 0.6 is 15.9 Å². The fourth-order valence-electron chi connectivity index (χ4n) is 4.51. The second kappa shape index (κ2) is 6.15. The van der Waals surface area contributed by atoms with E-state index in [0.717, 1.165) is 36.7 Å². The number of rotatable bonds is 2. The number of halogens is 1. The van der Waals surface area contributed by atoms with Gasteiger partial charge in [0.25, 0.3) is 0 Å². The molecule has 0 aromatic heterocycles. The molecule has 0 aromatic rings. The maximum atomic E-state index is 12.6. The van der Waals surface area contributed by atoms with E-state index >= 15 is 0 Å². The molecule has 0 aromatic carbocycles. The number of amides is 1. The summed E-state index contributed by atoms with van der Waals surface area (Å²) in [5.41, 5.74) is 0. The van der Waals surface area contributed by atoms with Crippen LogP contribution in [0.15, 0.2) is 0 Å². The molecule has 108 valence electrons. The lowest BCUT2D eigenvalue weighted by Crippen LogP contribution is -2.39. The first kappa shape index (κ1) is 13.9. The Morgan fingerprint density at radius 2 is 1.84 bits per heavy atom. The van der Waals surface area contributed by atoms with Gasteiger partial charge < -0.3 is 4.90 Å². The van der Waals surface area contributed by atoms with Crippen molar-refractivity contribution in [2.75, 3.05) is 18.4 Å². The summed E-state index contributed by atoms with van der Waals surface area (Å²) in [5.74, 6) is 3.34. The highest BCUT2D eigenvalue weighted by atomic mass is 79.9. The lowest BCUT2D eigenvalue weighted by molar-refractivity contribution is -0.136. The number of likely N-dealkylation sites (tertiary alicyclic amines) is 1. The smallest absolute Gasteiger partial charge is 0.225 e. The summed E-state index contributed by atoms with van der Waals surface area (Å²) < 4.78 is 0. The van der Waals surface area contributed by atoms with Gasteiger partial charge in [-0.1, -0.05) is 41.6 Å². The van der Waals surface area contributed by atoms with E-state index in [2.05, 4.69) is 20.8 Å². The van der Waals surface area contributed by atoms with Crippen LogP contribution in [0, 0.1) is 23.7 Å². The number of carbonyl (C=O) groups is 1. The van der Waals surface area contributed by atoms with E-state index in [1.165, 1.54) is 44.9 Å². The number of hydrogen-bond acceptors (Lipinski definition) is 1. The fraction of sp³-hybridized carbons (Fsp3) is 0.938. The molecule has 3 rings (SSSR count). The molecule has 2 saturated carbocycles. The van der Waals surface area contributed by atoms with Gasteiger partial charge in [-0.25, -0.2) is 0 Å². The molecule has 0 N–H and O–H groups in total. The zero-order chi connectivity index (χ0) is 13.2. The van der Waals surface area contributed by atoms with Gasteiger partial charge in [0.05, 0.1) is 0 Å². The van der Waals surface area contributed by atoms with E-state index in [4.69, 9.17) is 0 Å². The normalized spacial score (nSPS) is 39.1. The van der Waals surface area contributed by atoms with Crippen LogP contribution in [0.3, 0.4) is 0 Å². The van der Waals surface area contributed by atoms with Crippen LogP contribution < -0.4 is 0 Å². The number of carbonyl (C=O) groups excluding carboxylic acids is 1. The number of hydrogen-bond donors (Lipinski definition) is 0. The third-order valence-electron chi connectivity index (χ3n) is 5.70. The summed E-state index contributed by atoms with van der Waals surface area (Å²) in [6.45, 7) is 1.99. The van der Waals surface area contributed by atoms with Crippen molar-refractivity contribution in [2.45, 2.75) is 51.4 Å². The molecule has 19 heavy (non-hydrogen) atoms. The summed E-state index contributed by atoms with van der Waals surface area (Å²) >= 11 is 3.56. The zero-order valence-corrected chi connectivity index (χ0v) is 13.4. The average molecular weight is 328 g/mol. The molecule has 1 aliphatic heterocycles. The quantitative estimate of drug-likeness (QED) is 0.706. The summed E-state index contributed by atoms with van der Waals surface area (Å²) in [5, 5.41) is 1.05. The minimum absolute atomic E-state index is 0.355. The van der Waals surface area contributed by atoms with Gasteiger partial charge in [0.1, 0.15) is 0 Å². The highest BCUT2D eigenvalue weighted by Gasteiger charge is 2.37. The molecule has 1 heterocycles. The molecular formula is C16H26BrNO. The summed E-state index contributed by atoms with van der Waals surface area (Å²) in [4.78, 5) is 14.8. The van der Waals surface area contributed by atoms with Crippen molar-refractivity contribution in [2.24, 2.45) is 23.7 Å². The third-order valence-corrected chi connectivity index (χ3v) is 6.62. The second-order valence-corrected chi connectivity index (χ2v) is 7.56. The molecule has 0 spiro atoms. The predicted octanol–water partition coefficient (Wildman–Crippen LogP) is 3.84. The van der Waals surface area contributed by atoms with Crippen molar-refractivity contribution < 1.29 is 4.79 Å². The predicted molar refractivity (Wildman–Crippen MR) is 81.3 cm³/mol. The Balaban J connectivity index is 1.56. The Bertz CT molecular complexity index is 333. The lowest BCUT2D eigenvalue weighted by atomic mass is 9.67. The molecule has 3 heteroatoms. The van der Waals surface area contributed by atoms with Crippen LogP contribution in [0.1, 0.15) is 51.4 Å². The number of fused-ring (bicyclic) bond motifs is 1. The highest BCUT2D eigenvalue weighted by Crippen LogP contribution is 2.43. The van der Waals surface area contributed by atoms with Crippen LogP contribution in [-0.2, 0) is 4.79 Å². The molecule has 3 aliphatic rings. The van der Waals surface area contributed by atoms with E-state index in [9.17, 15) is 4.79 Å². The first-order valence-electron chi connectivity index (χ1n) is 8.12. The number of alkyl halides is 1. The lowest BCUT2D eigenvalue weighted by Gasteiger charge is -2.39. The summed E-state index contributed by atoms with van der Waals surface area (Å²) in [6.07, 6.45) is 10.5. The van der Waals surface area contributed by atoms with Gasteiger partial charge in [-0.3, -0.25) is 4.79 Å². The van der Waals surface area contributed by atoms with Gasteiger partial charge in [-0.2, -0.15) is 0 Å². The van der Waals surface area contributed by atoms with Crippen LogP contribution in [0.5, 0.6) is 0 Å². The van der Waals surface area contributed by atoms with Crippen LogP contribution in [0.4, 0.5) is 0 Å². The molecule has 2 aliphatic carbocycles. The summed E-state index contributed by atoms with van der Waals surface area (Å²) in [6, 6.07) is 0. The van der Waals surface area contributed by atoms with Crippen molar-refractivity contribution in [1.82, 2.24) is 4.90 Å². The molecule has 1 amide bonds. The topological polar surface area (TPSA) is 20.3 Å². The van der Waals surface area contributed by atoms with Gasteiger partial charge in [0.2, 0.25) is 5.91 Å². The highest BCUT2D eigenvalue weighted by molar-refractivity contribution is 9.09. The monoisotopic (exact) mass is 327 g/mol. The first-order valence-corrected chi connectivity index (χ1v) is 9.25. The van der Waals surface area contributed by atoms with Crippen LogP contribution in [0.2, 0.25) is 0 Å². The Labute approximate surface area is 125 Å². The fourth-order valence-corrected chi connectivity index (χ4v) is 5.04.